The number of urea groups is 1. The van der Waals surface area contributed by atoms with E-state index in [0.29, 0.717) is 13.1 Å². The third kappa shape index (κ3) is 4.60. The van der Waals surface area contributed by atoms with Gasteiger partial charge in [-0.2, -0.15) is 0 Å². The number of benzene rings is 2. The first kappa shape index (κ1) is 19.2. The van der Waals surface area contributed by atoms with Crippen molar-refractivity contribution < 1.29 is 14.3 Å². The van der Waals surface area contributed by atoms with Crippen LogP contribution in [0.5, 0.6) is 11.5 Å². The molecule has 3 rings (SSSR count). The van der Waals surface area contributed by atoms with Gasteiger partial charge < -0.3 is 24.6 Å². The lowest BCUT2D eigenvalue weighted by Crippen LogP contribution is -2.50. The largest absolute Gasteiger partial charge is 0.497 e. The van der Waals surface area contributed by atoms with E-state index in [-0.39, 0.29) is 6.03 Å². The summed E-state index contributed by atoms with van der Waals surface area (Å²) in [5, 5.41) is 2.97. The van der Waals surface area contributed by atoms with Crippen molar-refractivity contribution in [3.8, 4) is 11.5 Å². The van der Waals surface area contributed by atoms with E-state index in [0.717, 1.165) is 36.0 Å². The second-order valence-corrected chi connectivity index (χ2v) is 7.05. The number of nitrogens with zero attached hydrogens (tertiary/aromatic N) is 2. The molecular formula is C20H25N3O3S. The quantitative estimate of drug-likeness (QED) is 0.792. The average molecular weight is 388 g/mol. The Bertz CT molecular complexity index is 775. The number of hydrogen-bond acceptors (Lipinski definition) is 5. The standard InChI is InChI=1S/C20H25N3O3S/c1-25-16-6-9-18(19(14-16)26-2)22-10-12-23(13-11-22)20(24)21-15-4-7-17(27-3)8-5-15/h4-9,14H,10-13H2,1-3H3,(H,21,24). The molecular weight excluding hydrogens is 362 g/mol. The van der Waals surface area contributed by atoms with Crippen molar-refractivity contribution >= 4 is 29.2 Å². The lowest BCUT2D eigenvalue weighted by Gasteiger charge is -2.36. The van der Waals surface area contributed by atoms with Crippen LogP contribution in [0.1, 0.15) is 0 Å². The second kappa shape index (κ2) is 8.90. The van der Waals surface area contributed by atoms with E-state index in [2.05, 4.69) is 10.2 Å². The molecule has 1 saturated heterocycles. The third-order valence-electron chi connectivity index (χ3n) is 4.64. The molecule has 2 amide bonds. The summed E-state index contributed by atoms with van der Waals surface area (Å²) in [4.78, 5) is 17.8. The molecule has 1 aliphatic rings. The fourth-order valence-corrected chi connectivity index (χ4v) is 3.48. The van der Waals surface area contributed by atoms with Crippen LogP contribution in [0.2, 0.25) is 0 Å². The van der Waals surface area contributed by atoms with Crippen LogP contribution in [-0.2, 0) is 0 Å². The van der Waals surface area contributed by atoms with E-state index in [1.54, 1.807) is 26.0 Å². The Morgan fingerprint density at radius 1 is 1.00 bits per heavy atom. The van der Waals surface area contributed by atoms with Gasteiger partial charge in [-0.15, -0.1) is 11.8 Å². The van der Waals surface area contributed by atoms with Gasteiger partial charge in [0.1, 0.15) is 11.5 Å². The number of methoxy groups -OCH3 is 2. The van der Waals surface area contributed by atoms with Crippen LogP contribution in [0, 0.1) is 0 Å². The lowest BCUT2D eigenvalue weighted by atomic mass is 10.2. The Labute approximate surface area is 164 Å². The molecule has 1 fully saturated rings. The number of rotatable bonds is 5. The monoisotopic (exact) mass is 387 g/mol. The van der Waals surface area contributed by atoms with Gasteiger partial charge >= 0.3 is 6.03 Å². The van der Waals surface area contributed by atoms with Crippen molar-refractivity contribution in [1.29, 1.82) is 0 Å². The van der Waals surface area contributed by atoms with Gasteiger partial charge in [-0.25, -0.2) is 4.79 Å². The number of carbonyl (C=O) groups is 1. The molecule has 144 valence electrons. The van der Waals surface area contributed by atoms with Crippen LogP contribution >= 0.6 is 11.8 Å². The maximum atomic E-state index is 12.5. The number of anilines is 2. The highest BCUT2D eigenvalue weighted by atomic mass is 32.2. The molecule has 0 unspecified atom stereocenters. The van der Waals surface area contributed by atoms with Crippen molar-refractivity contribution in [3.05, 3.63) is 42.5 Å². The van der Waals surface area contributed by atoms with Crippen molar-refractivity contribution in [2.75, 3.05) is 56.9 Å². The minimum Gasteiger partial charge on any atom is -0.497 e. The van der Waals surface area contributed by atoms with E-state index in [4.69, 9.17) is 9.47 Å². The number of nitrogens with one attached hydrogen (secondary N) is 1. The summed E-state index contributed by atoms with van der Waals surface area (Å²) in [7, 11) is 3.30. The zero-order valence-corrected chi connectivity index (χ0v) is 16.7. The summed E-state index contributed by atoms with van der Waals surface area (Å²) in [6.45, 7) is 2.82. The number of ether oxygens (including phenoxy) is 2. The normalized spacial score (nSPS) is 14.0. The minimum absolute atomic E-state index is 0.0618. The van der Waals surface area contributed by atoms with Gasteiger partial charge in [-0.1, -0.05) is 0 Å². The van der Waals surface area contributed by atoms with E-state index < -0.39 is 0 Å². The zero-order valence-electron chi connectivity index (χ0n) is 15.9. The Kier molecular flexibility index (Phi) is 6.34. The molecule has 0 saturated carbocycles. The van der Waals surface area contributed by atoms with Crippen molar-refractivity contribution in [2.45, 2.75) is 4.90 Å². The highest BCUT2D eigenvalue weighted by Gasteiger charge is 2.23. The molecule has 1 heterocycles. The predicted molar refractivity (Wildman–Crippen MR) is 111 cm³/mol. The first-order valence-electron chi connectivity index (χ1n) is 8.81. The summed E-state index contributed by atoms with van der Waals surface area (Å²) in [6.07, 6.45) is 2.03. The molecule has 0 aliphatic carbocycles. The van der Waals surface area contributed by atoms with Crippen molar-refractivity contribution in [3.63, 3.8) is 0 Å². The van der Waals surface area contributed by atoms with Gasteiger partial charge in [0.15, 0.2) is 0 Å². The summed E-state index contributed by atoms with van der Waals surface area (Å²) in [5.74, 6) is 1.54. The van der Waals surface area contributed by atoms with Gasteiger partial charge in [0, 0.05) is 42.8 Å². The topological polar surface area (TPSA) is 54.0 Å². The molecule has 1 aliphatic heterocycles. The lowest BCUT2D eigenvalue weighted by molar-refractivity contribution is 0.208. The number of piperazine rings is 1. The Balaban J connectivity index is 1.58. The fourth-order valence-electron chi connectivity index (χ4n) is 3.07. The Hall–Kier alpha value is -2.54. The van der Waals surface area contributed by atoms with Crippen LogP contribution in [0.25, 0.3) is 0 Å². The molecule has 2 aromatic rings. The molecule has 0 atom stereocenters. The van der Waals surface area contributed by atoms with E-state index in [9.17, 15) is 4.79 Å². The summed E-state index contributed by atoms with van der Waals surface area (Å²) >= 11 is 1.68. The van der Waals surface area contributed by atoms with E-state index >= 15 is 0 Å². The number of thioether (sulfide) groups is 1. The van der Waals surface area contributed by atoms with Crippen molar-refractivity contribution in [1.82, 2.24) is 4.90 Å². The average Bonchev–Trinajstić information content (AvgIpc) is 2.73. The highest BCUT2D eigenvalue weighted by molar-refractivity contribution is 7.98. The number of hydrogen-bond donors (Lipinski definition) is 1. The fraction of sp³-hybridized carbons (Fsp3) is 0.350. The van der Waals surface area contributed by atoms with E-state index in [1.165, 1.54) is 4.90 Å². The molecule has 0 bridgehead atoms. The summed E-state index contributed by atoms with van der Waals surface area (Å²) < 4.78 is 10.8. The second-order valence-electron chi connectivity index (χ2n) is 6.17. The zero-order chi connectivity index (χ0) is 19.2. The maximum absolute atomic E-state index is 12.5. The highest BCUT2D eigenvalue weighted by Crippen LogP contribution is 2.32. The predicted octanol–water partition coefficient (Wildman–Crippen LogP) is 3.78. The molecule has 7 heteroatoms. The van der Waals surface area contributed by atoms with Gasteiger partial charge in [0.2, 0.25) is 0 Å². The molecule has 1 N–H and O–H groups in total. The van der Waals surface area contributed by atoms with Crippen molar-refractivity contribution in [2.24, 2.45) is 0 Å². The van der Waals surface area contributed by atoms with E-state index in [1.807, 2.05) is 53.6 Å². The number of carbonyl (C=O) groups excluding carboxylic acids is 1. The SMILES string of the molecule is COc1ccc(N2CCN(C(=O)Nc3ccc(SC)cc3)CC2)c(OC)c1. The molecule has 0 aromatic heterocycles. The summed E-state index contributed by atoms with van der Waals surface area (Å²) in [5.41, 5.74) is 1.84. The van der Waals surface area contributed by atoms with Gasteiger partial charge in [-0.3, -0.25) is 0 Å². The molecule has 0 spiro atoms. The van der Waals surface area contributed by atoms with Gasteiger partial charge in [-0.05, 0) is 42.7 Å². The molecule has 0 radical (unpaired) electrons. The smallest absolute Gasteiger partial charge is 0.321 e. The Morgan fingerprint density at radius 2 is 1.70 bits per heavy atom. The van der Waals surface area contributed by atoms with Gasteiger partial charge in [0.05, 0.1) is 19.9 Å². The summed E-state index contributed by atoms with van der Waals surface area (Å²) in [6, 6.07) is 13.6. The minimum atomic E-state index is -0.0618. The van der Waals surface area contributed by atoms with Crippen LogP contribution in [0.3, 0.4) is 0 Å². The van der Waals surface area contributed by atoms with Crippen LogP contribution in [0.15, 0.2) is 47.4 Å². The van der Waals surface area contributed by atoms with Crippen LogP contribution in [0.4, 0.5) is 16.2 Å². The molecule has 27 heavy (non-hydrogen) atoms. The third-order valence-corrected chi connectivity index (χ3v) is 5.38. The maximum Gasteiger partial charge on any atom is 0.321 e. The Morgan fingerprint density at radius 3 is 2.30 bits per heavy atom. The van der Waals surface area contributed by atoms with Gasteiger partial charge in [0.25, 0.3) is 0 Å². The van der Waals surface area contributed by atoms with Crippen LogP contribution < -0.4 is 19.7 Å². The number of amides is 2. The van der Waals surface area contributed by atoms with Crippen LogP contribution in [-0.4, -0.2) is 57.6 Å². The molecule has 6 nitrogen and oxygen atoms in total. The molecule has 2 aromatic carbocycles. The first-order chi connectivity index (χ1) is 13.1. The first-order valence-corrected chi connectivity index (χ1v) is 10.0.